The SMILES string of the molecule is Nc1cncc(Br)c1N1CCCC1c1ccccc1. The smallest absolute Gasteiger partial charge is 0.0781 e. The summed E-state index contributed by atoms with van der Waals surface area (Å²) < 4.78 is 0.968. The van der Waals surface area contributed by atoms with Crippen LogP contribution in [0.25, 0.3) is 0 Å². The van der Waals surface area contributed by atoms with Crippen LogP contribution in [0.1, 0.15) is 24.4 Å². The summed E-state index contributed by atoms with van der Waals surface area (Å²) >= 11 is 3.57. The number of hydrogen-bond acceptors (Lipinski definition) is 3. The normalized spacial score (nSPS) is 18.8. The summed E-state index contributed by atoms with van der Waals surface area (Å²) in [6.07, 6.45) is 5.89. The van der Waals surface area contributed by atoms with Crippen molar-refractivity contribution in [2.75, 3.05) is 17.2 Å². The van der Waals surface area contributed by atoms with E-state index in [0.717, 1.165) is 28.8 Å². The molecule has 98 valence electrons. The lowest BCUT2D eigenvalue weighted by Crippen LogP contribution is -2.24. The molecule has 1 fully saturated rings. The predicted octanol–water partition coefficient (Wildman–Crippen LogP) is 3.77. The maximum atomic E-state index is 6.11. The minimum Gasteiger partial charge on any atom is -0.396 e. The standard InChI is InChI=1S/C15H16BrN3/c16-12-9-18-10-13(17)15(12)19-8-4-7-14(19)11-5-2-1-3-6-11/h1-3,5-6,9-10,14H,4,7-8,17H2. The summed E-state index contributed by atoms with van der Waals surface area (Å²) in [6.45, 7) is 1.03. The summed E-state index contributed by atoms with van der Waals surface area (Å²) in [5.74, 6) is 0. The Balaban J connectivity index is 2.00. The minimum absolute atomic E-state index is 0.405. The Morgan fingerprint density at radius 1 is 1.21 bits per heavy atom. The molecule has 0 radical (unpaired) electrons. The number of halogens is 1. The lowest BCUT2D eigenvalue weighted by Gasteiger charge is -2.29. The highest BCUT2D eigenvalue weighted by molar-refractivity contribution is 9.10. The monoisotopic (exact) mass is 317 g/mol. The van der Waals surface area contributed by atoms with Gasteiger partial charge in [0.2, 0.25) is 0 Å². The highest BCUT2D eigenvalue weighted by Crippen LogP contribution is 2.41. The molecule has 1 unspecified atom stereocenters. The van der Waals surface area contributed by atoms with E-state index in [1.54, 1.807) is 6.20 Å². The Morgan fingerprint density at radius 3 is 2.74 bits per heavy atom. The van der Waals surface area contributed by atoms with E-state index in [2.05, 4.69) is 56.1 Å². The molecule has 3 rings (SSSR count). The van der Waals surface area contributed by atoms with Gasteiger partial charge in [0.1, 0.15) is 0 Å². The van der Waals surface area contributed by atoms with Gasteiger partial charge in [-0.25, -0.2) is 0 Å². The number of rotatable bonds is 2. The molecule has 1 aliphatic heterocycles. The van der Waals surface area contributed by atoms with Gasteiger partial charge in [-0.2, -0.15) is 0 Å². The van der Waals surface area contributed by atoms with Crippen LogP contribution in [0.5, 0.6) is 0 Å². The molecule has 2 aromatic rings. The van der Waals surface area contributed by atoms with Crippen molar-refractivity contribution in [2.45, 2.75) is 18.9 Å². The lowest BCUT2D eigenvalue weighted by atomic mass is 10.0. The Labute approximate surface area is 121 Å². The lowest BCUT2D eigenvalue weighted by molar-refractivity contribution is 0.718. The Kier molecular flexibility index (Phi) is 3.42. The van der Waals surface area contributed by atoms with Crippen molar-refractivity contribution in [3.63, 3.8) is 0 Å². The highest BCUT2D eigenvalue weighted by atomic mass is 79.9. The Hall–Kier alpha value is -1.55. The van der Waals surface area contributed by atoms with Crippen molar-refractivity contribution in [1.82, 2.24) is 4.98 Å². The highest BCUT2D eigenvalue weighted by Gasteiger charge is 2.28. The van der Waals surface area contributed by atoms with E-state index in [4.69, 9.17) is 5.73 Å². The summed E-state index contributed by atoms with van der Waals surface area (Å²) in [5.41, 5.74) is 9.26. The van der Waals surface area contributed by atoms with Crippen LogP contribution >= 0.6 is 15.9 Å². The molecule has 0 amide bonds. The topological polar surface area (TPSA) is 42.1 Å². The Bertz CT molecular complexity index is 551. The van der Waals surface area contributed by atoms with Gasteiger partial charge in [0, 0.05) is 12.7 Å². The number of nitrogens with zero attached hydrogens (tertiary/aromatic N) is 2. The fourth-order valence-electron chi connectivity index (χ4n) is 2.80. The first-order valence-electron chi connectivity index (χ1n) is 6.48. The molecule has 1 aliphatic rings. The van der Waals surface area contributed by atoms with Crippen LogP contribution in [0.15, 0.2) is 47.2 Å². The number of nitrogens with two attached hydrogens (primary N) is 1. The van der Waals surface area contributed by atoms with Gasteiger partial charge in [0.25, 0.3) is 0 Å². The average Bonchev–Trinajstić information content (AvgIpc) is 2.89. The molecular weight excluding hydrogens is 302 g/mol. The number of pyridine rings is 1. The van der Waals surface area contributed by atoms with E-state index in [0.29, 0.717) is 6.04 Å². The molecule has 1 saturated heterocycles. The summed E-state index contributed by atoms with van der Waals surface area (Å²) in [6, 6.07) is 11.0. The first kappa shape index (κ1) is 12.5. The van der Waals surface area contributed by atoms with Crippen LogP contribution in [0.4, 0.5) is 11.4 Å². The van der Waals surface area contributed by atoms with Crippen LogP contribution in [0, 0.1) is 0 Å². The van der Waals surface area contributed by atoms with Gasteiger partial charge in [-0.1, -0.05) is 30.3 Å². The molecule has 4 heteroatoms. The second kappa shape index (κ2) is 5.21. The van der Waals surface area contributed by atoms with Gasteiger partial charge in [-0.3, -0.25) is 4.98 Å². The van der Waals surface area contributed by atoms with Gasteiger partial charge in [0.15, 0.2) is 0 Å². The van der Waals surface area contributed by atoms with Crippen molar-refractivity contribution in [3.8, 4) is 0 Å². The third kappa shape index (κ3) is 2.32. The number of anilines is 2. The largest absolute Gasteiger partial charge is 0.396 e. The first-order chi connectivity index (χ1) is 9.27. The minimum atomic E-state index is 0.405. The van der Waals surface area contributed by atoms with Crippen molar-refractivity contribution < 1.29 is 0 Å². The molecule has 0 spiro atoms. The van der Waals surface area contributed by atoms with Gasteiger partial charge in [-0.05, 0) is 34.3 Å². The average molecular weight is 318 g/mol. The molecule has 2 heterocycles. The molecule has 0 aliphatic carbocycles. The van der Waals surface area contributed by atoms with E-state index in [-0.39, 0.29) is 0 Å². The number of benzene rings is 1. The second-order valence-electron chi connectivity index (χ2n) is 4.82. The zero-order valence-corrected chi connectivity index (χ0v) is 12.2. The van der Waals surface area contributed by atoms with Crippen LogP contribution in [0.3, 0.4) is 0 Å². The maximum Gasteiger partial charge on any atom is 0.0781 e. The number of aromatic nitrogens is 1. The van der Waals surface area contributed by atoms with E-state index < -0.39 is 0 Å². The van der Waals surface area contributed by atoms with Crippen molar-refractivity contribution in [1.29, 1.82) is 0 Å². The summed E-state index contributed by atoms with van der Waals surface area (Å²) in [7, 11) is 0. The third-order valence-electron chi connectivity index (χ3n) is 3.63. The van der Waals surface area contributed by atoms with E-state index in [1.165, 1.54) is 12.0 Å². The second-order valence-corrected chi connectivity index (χ2v) is 5.68. The molecular formula is C15H16BrN3. The van der Waals surface area contributed by atoms with E-state index >= 15 is 0 Å². The zero-order chi connectivity index (χ0) is 13.2. The summed E-state index contributed by atoms with van der Waals surface area (Å²) in [4.78, 5) is 6.50. The van der Waals surface area contributed by atoms with Crippen LogP contribution < -0.4 is 10.6 Å². The molecule has 2 N–H and O–H groups in total. The van der Waals surface area contributed by atoms with Crippen molar-refractivity contribution in [3.05, 3.63) is 52.8 Å². The quantitative estimate of drug-likeness (QED) is 0.916. The van der Waals surface area contributed by atoms with Crippen LogP contribution in [-0.2, 0) is 0 Å². The molecule has 3 nitrogen and oxygen atoms in total. The van der Waals surface area contributed by atoms with E-state index in [1.807, 2.05) is 6.20 Å². The molecule has 1 aromatic carbocycles. The molecule has 0 saturated carbocycles. The number of hydrogen-bond donors (Lipinski definition) is 1. The van der Waals surface area contributed by atoms with Crippen LogP contribution in [-0.4, -0.2) is 11.5 Å². The molecule has 1 aromatic heterocycles. The number of nitrogen functional groups attached to an aromatic ring is 1. The maximum absolute atomic E-state index is 6.11. The summed E-state index contributed by atoms with van der Waals surface area (Å²) in [5, 5.41) is 0. The predicted molar refractivity (Wildman–Crippen MR) is 82.1 cm³/mol. The van der Waals surface area contributed by atoms with Crippen molar-refractivity contribution in [2.24, 2.45) is 0 Å². The van der Waals surface area contributed by atoms with Gasteiger partial charge < -0.3 is 10.6 Å². The third-order valence-corrected chi connectivity index (χ3v) is 4.21. The van der Waals surface area contributed by atoms with Crippen LogP contribution in [0.2, 0.25) is 0 Å². The fourth-order valence-corrected chi connectivity index (χ4v) is 3.38. The Morgan fingerprint density at radius 2 is 2.00 bits per heavy atom. The van der Waals surface area contributed by atoms with Crippen molar-refractivity contribution >= 4 is 27.3 Å². The fraction of sp³-hybridized carbons (Fsp3) is 0.267. The van der Waals surface area contributed by atoms with Gasteiger partial charge in [0.05, 0.1) is 28.1 Å². The van der Waals surface area contributed by atoms with E-state index in [9.17, 15) is 0 Å². The van der Waals surface area contributed by atoms with Gasteiger partial charge >= 0.3 is 0 Å². The molecule has 19 heavy (non-hydrogen) atoms. The molecule has 0 bridgehead atoms. The molecule has 1 atom stereocenters. The zero-order valence-electron chi connectivity index (χ0n) is 10.6. The first-order valence-corrected chi connectivity index (χ1v) is 7.27. The van der Waals surface area contributed by atoms with Gasteiger partial charge in [-0.15, -0.1) is 0 Å².